The quantitative estimate of drug-likeness (QED) is 0.677. The number of halogens is 1. The Morgan fingerprint density at radius 1 is 1.22 bits per heavy atom. The second kappa shape index (κ2) is 6.74. The number of fused-ring (bicyclic) bond motifs is 1. The average molecular weight is 383 g/mol. The summed E-state index contributed by atoms with van der Waals surface area (Å²) in [5, 5.41) is 1.36. The highest BCUT2D eigenvalue weighted by Gasteiger charge is 2.31. The van der Waals surface area contributed by atoms with Gasteiger partial charge in [-0.05, 0) is 43.2 Å². The summed E-state index contributed by atoms with van der Waals surface area (Å²) in [5.74, 6) is -0.195. The van der Waals surface area contributed by atoms with E-state index in [4.69, 9.17) is 16.3 Å². The summed E-state index contributed by atoms with van der Waals surface area (Å²) in [7, 11) is 1.36. The van der Waals surface area contributed by atoms with Gasteiger partial charge in [-0.1, -0.05) is 23.7 Å². The second-order valence-corrected chi connectivity index (χ2v) is 7.13. The lowest BCUT2D eigenvalue weighted by Gasteiger charge is -2.41. The number of ketones is 1. The molecule has 1 unspecified atom stereocenters. The minimum Gasteiger partial charge on any atom is -0.465 e. The number of esters is 1. The molecule has 27 heavy (non-hydrogen) atoms. The Morgan fingerprint density at radius 2 is 1.96 bits per heavy atom. The number of methoxy groups -OCH3 is 1. The summed E-state index contributed by atoms with van der Waals surface area (Å²) in [6.45, 7) is 2.53. The lowest BCUT2D eigenvalue weighted by Crippen LogP contribution is -2.51. The lowest BCUT2D eigenvalue weighted by atomic mass is 9.97. The average Bonchev–Trinajstić information content (AvgIpc) is 3.02. The molecule has 3 aromatic rings. The van der Waals surface area contributed by atoms with Crippen LogP contribution in [0.25, 0.3) is 22.0 Å². The summed E-state index contributed by atoms with van der Waals surface area (Å²) in [5.41, 5.74) is 4.08. The van der Waals surface area contributed by atoms with Crippen molar-refractivity contribution in [1.29, 1.82) is 0 Å². The van der Waals surface area contributed by atoms with Crippen LogP contribution in [0.15, 0.2) is 42.6 Å². The number of nitrogens with one attached hydrogen (secondary N) is 1. The Balaban J connectivity index is 1.70. The van der Waals surface area contributed by atoms with Gasteiger partial charge in [-0.2, -0.15) is 0 Å². The number of hydrogen-bond donors (Lipinski definition) is 1. The predicted molar refractivity (Wildman–Crippen MR) is 107 cm³/mol. The van der Waals surface area contributed by atoms with E-state index in [1.165, 1.54) is 7.11 Å². The molecule has 5 nitrogen and oxygen atoms in total. The maximum Gasteiger partial charge on any atom is 0.340 e. The molecule has 1 atom stereocenters. The van der Waals surface area contributed by atoms with Crippen molar-refractivity contribution >= 4 is 39.9 Å². The predicted octanol–water partition coefficient (Wildman–Crippen LogP) is 4.44. The van der Waals surface area contributed by atoms with E-state index in [1.54, 1.807) is 13.1 Å². The van der Waals surface area contributed by atoms with Crippen LogP contribution >= 0.6 is 11.6 Å². The number of nitrogens with zero attached hydrogens (tertiary/aromatic N) is 1. The number of rotatable bonds is 4. The molecule has 2 heterocycles. The SMILES string of the molecule is COC(=O)c1c[nH]c2cc(Cl)c(-c3ccc(N4CCC4C(C)=O)cc3)cc12. The first-order chi connectivity index (χ1) is 13.0. The molecule has 1 fully saturated rings. The van der Waals surface area contributed by atoms with Gasteiger partial charge in [0.25, 0.3) is 0 Å². The fraction of sp³-hybridized carbons (Fsp3) is 0.238. The summed E-state index contributed by atoms with van der Waals surface area (Å²) >= 11 is 6.47. The smallest absolute Gasteiger partial charge is 0.340 e. The van der Waals surface area contributed by atoms with Crippen LogP contribution in [0.4, 0.5) is 5.69 Å². The first kappa shape index (κ1) is 17.6. The molecular weight excluding hydrogens is 364 g/mol. The van der Waals surface area contributed by atoms with Gasteiger partial charge in [0.15, 0.2) is 5.78 Å². The van der Waals surface area contributed by atoms with E-state index in [9.17, 15) is 9.59 Å². The summed E-state index contributed by atoms with van der Waals surface area (Å²) in [6.07, 6.45) is 2.54. The number of ether oxygens (including phenoxy) is 1. The van der Waals surface area contributed by atoms with Crippen molar-refractivity contribution in [3.8, 4) is 11.1 Å². The van der Waals surface area contributed by atoms with Crippen LogP contribution < -0.4 is 4.90 Å². The number of aromatic nitrogens is 1. The summed E-state index contributed by atoms with van der Waals surface area (Å²) in [4.78, 5) is 28.8. The van der Waals surface area contributed by atoms with Gasteiger partial charge in [0.1, 0.15) is 0 Å². The van der Waals surface area contributed by atoms with Gasteiger partial charge in [-0.15, -0.1) is 0 Å². The fourth-order valence-corrected chi connectivity index (χ4v) is 3.87. The van der Waals surface area contributed by atoms with Gasteiger partial charge in [0.2, 0.25) is 0 Å². The number of H-pyrrole nitrogens is 1. The molecule has 4 rings (SSSR count). The fourth-order valence-electron chi connectivity index (χ4n) is 3.59. The van der Waals surface area contributed by atoms with E-state index in [1.807, 2.05) is 36.4 Å². The Bertz CT molecular complexity index is 1040. The summed E-state index contributed by atoms with van der Waals surface area (Å²) < 4.78 is 4.84. The normalized spacial score (nSPS) is 16.3. The van der Waals surface area contributed by atoms with Crippen molar-refractivity contribution in [2.45, 2.75) is 19.4 Å². The third-order valence-electron chi connectivity index (χ3n) is 5.17. The van der Waals surface area contributed by atoms with Gasteiger partial charge in [-0.3, -0.25) is 4.79 Å². The zero-order valence-corrected chi connectivity index (χ0v) is 15.8. The third kappa shape index (κ3) is 2.98. The molecule has 1 aliphatic heterocycles. The number of carbonyl (C=O) groups excluding carboxylic acids is 2. The number of anilines is 1. The minimum absolute atomic E-state index is 0.0155. The Kier molecular flexibility index (Phi) is 4.40. The Hall–Kier alpha value is -2.79. The molecule has 0 amide bonds. The van der Waals surface area contributed by atoms with Crippen LogP contribution in [-0.4, -0.2) is 36.4 Å². The highest BCUT2D eigenvalue weighted by molar-refractivity contribution is 6.34. The van der Waals surface area contributed by atoms with Gasteiger partial charge in [0.05, 0.1) is 23.7 Å². The van der Waals surface area contributed by atoms with Crippen molar-refractivity contribution in [2.24, 2.45) is 0 Å². The zero-order valence-electron chi connectivity index (χ0n) is 15.1. The summed E-state index contributed by atoms with van der Waals surface area (Å²) in [6, 6.07) is 11.7. The van der Waals surface area contributed by atoms with E-state index in [2.05, 4.69) is 9.88 Å². The van der Waals surface area contributed by atoms with Gasteiger partial charge in [-0.25, -0.2) is 4.79 Å². The first-order valence-corrected chi connectivity index (χ1v) is 9.14. The number of Topliss-reactive ketones (excluding diaryl/α,β-unsaturated/α-hetero) is 1. The molecule has 2 aromatic carbocycles. The molecule has 0 bridgehead atoms. The molecule has 1 aliphatic rings. The molecule has 0 saturated carbocycles. The van der Waals surface area contributed by atoms with Crippen LogP contribution in [-0.2, 0) is 9.53 Å². The first-order valence-electron chi connectivity index (χ1n) is 8.76. The second-order valence-electron chi connectivity index (χ2n) is 6.73. The topological polar surface area (TPSA) is 62.4 Å². The maximum absolute atomic E-state index is 12.0. The van der Waals surface area contributed by atoms with Crippen LogP contribution in [0.3, 0.4) is 0 Å². The van der Waals surface area contributed by atoms with E-state index >= 15 is 0 Å². The molecule has 1 aromatic heterocycles. The van der Waals surface area contributed by atoms with Crippen molar-refractivity contribution < 1.29 is 14.3 Å². The third-order valence-corrected chi connectivity index (χ3v) is 5.49. The number of hydrogen-bond acceptors (Lipinski definition) is 4. The van der Waals surface area contributed by atoms with E-state index in [0.29, 0.717) is 10.6 Å². The number of aromatic amines is 1. The van der Waals surface area contributed by atoms with E-state index in [0.717, 1.165) is 40.7 Å². The van der Waals surface area contributed by atoms with Gasteiger partial charge < -0.3 is 14.6 Å². The van der Waals surface area contributed by atoms with Crippen molar-refractivity contribution in [3.63, 3.8) is 0 Å². The van der Waals surface area contributed by atoms with E-state index < -0.39 is 5.97 Å². The molecule has 138 valence electrons. The van der Waals surface area contributed by atoms with Gasteiger partial charge in [0, 0.05) is 34.9 Å². The van der Waals surface area contributed by atoms with Crippen molar-refractivity contribution in [1.82, 2.24) is 4.98 Å². The Morgan fingerprint density at radius 3 is 2.56 bits per heavy atom. The number of carbonyl (C=O) groups is 2. The molecule has 0 aliphatic carbocycles. The largest absolute Gasteiger partial charge is 0.465 e. The highest BCUT2D eigenvalue weighted by Crippen LogP contribution is 2.35. The Labute approximate surface area is 161 Å². The lowest BCUT2D eigenvalue weighted by molar-refractivity contribution is -0.119. The zero-order chi connectivity index (χ0) is 19.1. The molecule has 0 spiro atoms. The molecular formula is C21H19ClN2O3. The van der Waals surface area contributed by atoms with Crippen LogP contribution in [0.2, 0.25) is 5.02 Å². The standard InChI is InChI=1S/C21H19ClN2O3/c1-12(25)20-7-8-24(20)14-5-3-13(4-6-14)15-9-16-17(21(26)27-2)11-23-19(16)10-18(15)22/h3-6,9-11,20,23H,7-8H2,1-2H3. The monoisotopic (exact) mass is 382 g/mol. The minimum atomic E-state index is -0.391. The maximum atomic E-state index is 12.0. The molecule has 0 radical (unpaired) electrons. The number of benzene rings is 2. The van der Waals surface area contributed by atoms with Crippen molar-refractivity contribution in [2.75, 3.05) is 18.6 Å². The molecule has 1 N–H and O–H groups in total. The van der Waals surface area contributed by atoms with Crippen LogP contribution in [0.5, 0.6) is 0 Å². The van der Waals surface area contributed by atoms with E-state index in [-0.39, 0.29) is 11.8 Å². The van der Waals surface area contributed by atoms with Gasteiger partial charge >= 0.3 is 5.97 Å². The van der Waals surface area contributed by atoms with Crippen molar-refractivity contribution in [3.05, 3.63) is 53.2 Å². The molecule has 6 heteroatoms. The highest BCUT2D eigenvalue weighted by atomic mass is 35.5. The van der Waals surface area contributed by atoms with Crippen LogP contribution in [0, 0.1) is 0 Å². The van der Waals surface area contributed by atoms with Crippen LogP contribution in [0.1, 0.15) is 23.7 Å². The molecule has 1 saturated heterocycles.